The van der Waals surface area contributed by atoms with E-state index < -0.39 is 5.95 Å². The molecule has 8 heteroatoms. The van der Waals surface area contributed by atoms with Crippen molar-refractivity contribution in [3.63, 3.8) is 0 Å². The van der Waals surface area contributed by atoms with Crippen LogP contribution in [0.5, 0.6) is 5.75 Å². The fourth-order valence-corrected chi connectivity index (χ4v) is 3.17. The van der Waals surface area contributed by atoms with Crippen LogP contribution in [0.4, 0.5) is 4.39 Å². The van der Waals surface area contributed by atoms with Gasteiger partial charge in [0.15, 0.2) is 0 Å². The number of benzene rings is 1. The molecule has 0 saturated carbocycles. The van der Waals surface area contributed by atoms with Gasteiger partial charge in [-0.3, -0.25) is 9.79 Å². The predicted octanol–water partition coefficient (Wildman–Crippen LogP) is 5.86. The van der Waals surface area contributed by atoms with Crippen LogP contribution in [0.1, 0.15) is 46.1 Å². The second kappa shape index (κ2) is 20.4. The molecule has 1 heterocycles. The minimum atomic E-state index is -0.541. The van der Waals surface area contributed by atoms with Crippen LogP contribution in [-0.2, 0) is 9.53 Å². The number of nitrogens with one attached hydrogen (secondary N) is 1. The molecule has 0 spiro atoms. The highest BCUT2D eigenvalue weighted by Crippen LogP contribution is 2.26. The summed E-state index contributed by atoms with van der Waals surface area (Å²) in [4.78, 5) is 18.6. The molecular weight excluding hydrogens is 471 g/mol. The first-order chi connectivity index (χ1) is 17.9. The minimum Gasteiger partial charge on any atom is -0.502 e. The molecule has 202 valence electrons. The number of carbonyl (C=O) groups is 1. The zero-order chi connectivity index (χ0) is 28.1. The van der Waals surface area contributed by atoms with Gasteiger partial charge < -0.3 is 20.5 Å². The Morgan fingerprint density at radius 2 is 1.97 bits per heavy atom. The van der Waals surface area contributed by atoms with Crippen molar-refractivity contribution >= 4 is 23.5 Å². The second-order valence-corrected chi connectivity index (χ2v) is 7.58. The molecule has 2 aromatic rings. The van der Waals surface area contributed by atoms with Crippen LogP contribution in [0.15, 0.2) is 77.7 Å². The Morgan fingerprint density at radius 3 is 2.51 bits per heavy atom. The van der Waals surface area contributed by atoms with Crippen molar-refractivity contribution in [2.75, 3.05) is 20.8 Å². The maximum Gasteiger partial charge on any atom is 0.213 e. The lowest BCUT2D eigenvalue weighted by atomic mass is 10.0. The molecule has 1 atom stereocenters. The van der Waals surface area contributed by atoms with Crippen LogP contribution in [0.3, 0.4) is 0 Å². The SMILES string of the molecule is C=C/C=C(\C=C/C)[C@H](CCC)NC=O.CCN.CO/C=C(/C)N=Cc1ccc(OC)c2nc(F)ccc12. The van der Waals surface area contributed by atoms with E-state index in [1.807, 2.05) is 45.1 Å². The largest absolute Gasteiger partial charge is 0.502 e. The van der Waals surface area contributed by atoms with E-state index in [9.17, 15) is 9.18 Å². The Labute approximate surface area is 220 Å². The molecule has 3 N–H and O–H groups in total. The number of ether oxygens (including phenoxy) is 2. The van der Waals surface area contributed by atoms with E-state index in [0.29, 0.717) is 11.3 Å². The number of nitrogens with two attached hydrogens (primary N) is 1. The van der Waals surface area contributed by atoms with Gasteiger partial charge in [0, 0.05) is 17.2 Å². The van der Waals surface area contributed by atoms with Gasteiger partial charge in [-0.05, 0) is 56.7 Å². The van der Waals surface area contributed by atoms with E-state index in [0.717, 1.165) is 48.0 Å². The van der Waals surface area contributed by atoms with Crippen LogP contribution in [0.2, 0.25) is 0 Å². The summed E-state index contributed by atoms with van der Waals surface area (Å²) in [6, 6.07) is 6.68. The number of pyridine rings is 1. The third kappa shape index (κ3) is 12.7. The van der Waals surface area contributed by atoms with Crippen molar-refractivity contribution in [1.29, 1.82) is 0 Å². The van der Waals surface area contributed by atoms with Gasteiger partial charge in [0.1, 0.15) is 17.5 Å². The lowest BCUT2D eigenvalue weighted by molar-refractivity contribution is -0.110. The van der Waals surface area contributed by atoms with Crippen LogP contribution in [0, 0.1) is 5.95 Å². The van der Waals surface area contributed by atoms with E-state index in [-0.39, 0.29) is 6.04 Å². The molecule has 7 nitrogen and oxygen atoms in total. The van der Waals surface area contributed by atoms with E-state index in [4.69, 9.17) is 15.2 Å². The summed E-state index contributed by atoms with van der Waals surface area (Å²) in [7, 11) is 3.09. The highest BCUT2D eigenvalue weighted by molar-refractivity contribution is 6.00. The van der Waals surface area contributed by atoms with E-state index in [2.05, 4.69) is 28.8 Å². The number of nitrogens with zero attached hydrogens (tertiary/aromatic N) is 2. The fourth-order valence-electron chi connectivity index (χ4n) is 3.17. The molecule has 0 unspecified atom stereocenters. The average Bonchev–Trinajstić information content (AvgIpc) is 2.88. The number of carbonyl (C=O) groups excluding carboxylic acids is 1. The molecule has 2 rings (SSSR count). The lowest BCUT2D eigenvalue weighted by Gasteiger charge is -2.16. The number of aliphatic imine (C=N–C) groups is 1. The van der Waals surface area contributed by atoms with Crippen LogP contribution >= 0.6 is 0 Å². The maximum atomic E-state index is 13.3. The first-order valence-corrected chi connectivity index (χ1v) is 12.1. The van der Waals surface area contributed by atoms with Gasteiger partial charge in [0.25, 0.3) is 0 Å². The zero-order valence-electron chi connectivity index (χ0n) is 22.8. The quantitative estimate of drug-likeness (QED) is 0.129. The van der Waals surface area contributed by atoms with Gasteiger partial charge >= 0.3 is 0 Å². The molecule has 0 aliphatic rings. The average molecular weight is 513 g/mol. The molecule has 0 fully saturated rings. The standard InChI is InChI=1S/C15H15FN2O2.C12H19NO.C2H7N/c1-10(9-19-2)17-8-11-4-6-13(20-3)15-12(11)5-7-14(16)18-15;1-4-7-11(8-5-2)12(9-6-3)13-10-14;1-2-3/h4-9H,1-3H3;4-5,7-8,10,12H,1,6,9H2,2-3H3,(H,13,14);2-3H2,1H3/b10-9-,17-8?;8-5-,11-7+;/t;12-;/m.0./s1. The smallest absolute Gasteiger partial charge is 0.213 e. The Bertz CT molecular complexity index is 1080. The van der Waals surface area contributed by atoms with Crippen molar-refractivity contribution in [3.8, 4) is 5.75 Å². The lowest BCUT2D eigenvalue weighted by Crippen LogP contribution is -2.28. The Morgan fingerprint density at radius 1 is 1.27 bits per heavy atom. The normalized spacial score (nSPS) is 12.3. The van der Waals surface area contributed by atoms with Gasteiger partial charge in [0.2, 0.25) is 12.4 Å². The molecule has 1 aromatic heterocycles. The van der Waals surface area contributed by atoms with E-state index >= 15 is 0 Å². The van der Waals surface area contributed by atoms with Gasteiger partial charge in [-0.25, -0.2) is 4.98 Å². The second-order valence-electron chi connectivity index (χ2n) is 7.58. The van der Waals surface area contributed by atoms with Gasteiger partial charge in [0.05, 0.1) is 26.0 Å². The summed E-state index contributed by atoms with van der Waals surface area (Å²) in [5.41, 5.74) is 7.98. The summed E-state index contributed by atoms with van der Waals surface area (Å²) >= 11 is 0. The Hall–Kier alpha value is -3.78. The number of fused-ring (bicyclic) bond motifs is 1. The number of methoxy groups -OCH3 is 2. The molecule has 0 aliphatic carbocycles. The number of hydrogen-bond acceptors (Lipinski definition) is 6. The van der Waals surface area contributed by atoms with Crippen molar-refractivity contribution in [2.45, 2.75) is 46.6 Å². The summed E-state index contributed by atoms with van der Waals surface area (Å²) in [6.07, 6.45) is 13.6. The molecule has 0 aliphatic heterocycles. The summed E-state index contributed by atoms with van der Waals surface area (Å²) in [5, 5.41) is 3.58. The molecule has 1 amide bonds. The van der Waals surface area contributed by atoms with E-state index in [1.165, 1.54) is 13.2 Å². The number of hydrogen-bond donors (Lipinski definition) is 2. The monoisotopic (exact) mass is 512 g/mol. The molecule has 0 radical (unpaired) electrons. The topological polar surface area (TPSA) is 98.8 Å². The third-order valence-corrected chi connectivity index (χ3v) is 4.65. The summed E-state index contributed by atoms with van der Waals surface area (Å²) < 4.78 is 23.3. The number of halogens is 1. The maximum absolute atomic E-state index is 13.3. The van der Waals surface area contributed by atoms with Crippen LogP contribution in [-0.4, -0.2) is 44.4 Å². The molecule has 0 bridgehead atoms. The predicted molar refractivity (Wildman–Crippen MR) is 152 cm³/mol. The Balaban J connectivity index is 0.000000669. The molecule has 0 saturated heterocycles. The first-order valence-electron chi connectivity index (χ1n) is 12.1. The molecule has 37 heavy (non-hydrogen) atoms. The number of rotatable bonds is 11. The highest BCUT2D eigenvalue weighted by Gasteiger charge is 2.09. The van der Waals surface area contributed by atoms with Gasteiger partial charge in [-0.1, -0.05) is 51.2 Å². The highest BCUT2D eigenvalue weighted by atomic mass is 19.1. The first kappa shape index (κ1) is 33.2. The summed E-state index contributed by atoms with van der Waals surface area (Å²) in [6.45, 7) is 12.2. The van der Waals surface area contributed by atoms with E-state index in [1.54, 1.807) is 37.8 Å². The molecular formula is C29H41FN4O3. The fraction of sp³-hybridized carbons (Fsp3) is 0.345. The number of allylic oxidation sites excluding steroid dienone is 4. The van der Waals surface area contributed by atoms with Crippen molar-refractivity contribution < 1.29 is 18.7 Å². The van der Waals surface area contributed by atoms with Crippen LogP contribution in [0.25, 0.3) is 10.9 Å². The van der Waals surface area contributed by atoms with Gasteiger partial charge in [-0.2, -0.15) is 4.39 Å². The van der Waals surface area contributed by atoms with Crippen molar-refractivity contribution in [3.05, 3.63) is 84.2 Å². The van der Waals surface area contributed by atoms with Crippen LogP contribution < -0.4 is 15.8 Å². The zero-order valence-corrected chi connectivity index (χ0v) is 22.8. The van der Waals surface area contributed by atoms with Crippen molar-refractivity contribution in [2.24, 2.45) is 10.7 Å². The Kier molecular flexibility index (Phi) is 18.3. The summed E-state index contributed by atoms with van der Waals surface area (Å²) in [5.74, 6) is -0.0128. The third-order valence-electron chi connectivity index (χ3n) is 4.65. The van der Waals surface area contributed by atoms with Crippen molar-refractivity contribution in [1.82, 2.24) is 10.3 Å². The number of amides is 1. The minimum absolute atomic E-state index is 0.103. The molecule has 1 aromatic carbocycles. The van der Waals surface area contributed by atoms with Gasteiger partial charge in [-0.15, -0.1) is 0 Å². The number of aromatic nitrogens is 1.